The maximum absolute atomic E-state index is 11.2. The molecule has 3 N–H and O–H groups in total. The Bertz CT molecular complexity index is 1130. The molecule has 1 aromatic heterocycles. The van der Waals surface area contributed by atoms with E-state index in [0.29, 0.717) is 33.3 Å². The molecule has 4 rings (SSSR count). The quantitative estimate of drug-likeness (QED) is 0.431. The highest BCUT2D eigenvalue weighted by molar-refractivity contribution is 6.35. The SMILES string of the molecule is CC(=O)NCC1CCN(Cc2cc(Oc3ccc(N)cn3)cc(-c3cc(Cl)cc(Cl)c3)c2)CC1. The number of benzene rings is 2. The number of amides is 1. The molecule has 0 spiro atoms. The van der Waals surface area contributed by atoms with Gasteiger partial charge in [0, 0.05) is 36.1 Å². The van der Waals surface area contributed by atoms with Crippen LogP contribution in [-0.2, 0) is 11.3 Å². The number of pyridine rings is 1. The number of nitrogens with two attached hydrogens (primary N) is 1. The van der Waals surface area contributed by atoms with Gasteiger partial charge in [-0.25, -0.2) is 4.98 Å². The van der Waals surface area contributed by atoms with Gasteiger partial charge in [-0.1, -0.05) is 23.2 Å². The lowest BCUT2D eigenvalue weighted by Gasteiger charge is -2.32. The van der Waals surface area contributed by atoms with Crippen molar-refractivity contribution >= 4 is 34.8 Å². The molecule has 1 amide bonds. The van der Waals surface area contributed by atoms with Gasteiger partial charge in [-0.2, -0.15) is 0 Å². The van der Waals surface area contributed by atoms with Crippen molar-refractivity contribution in [2.75, 3.05) is 25.4 Å². The van der Waals surface area contributed by atoms with Crippen LogP contribution in [0.3, 0.4) is 0 Å². The van der Waals surface area contributed by atoms with Crippen molar-refractivity contribution in [3.63, 3.8) is 0 Å². The first kappa shape index (κ1) is 24.3. The topological polar surface area (TPSA) is 80.5 Å². The molecule has 1 aliphatic rings. The maximum atomic E-state index is 11.2. The van der Waals surface area contributed by atoms with Crippen molar-refractivity contribution in [1.82, 2.24) is 15.2 Å². The van der Waals surface area contributed by atoms with Gasteiger partial charge in [0.1, 0.15) is 5.75 Å². The highest BCUT2D eigenvalue weighted by Gasteiger charge is 2.20. The van der Waals surface area contributed by atoms with Crippen LogP contribution in [0.1, 0.15) is 25.3 Å². The van der Waals surface area contributed by atoms with E-state index in [9.17, 15) is 4.79 Å². The summed E-state index contributed by atoms with van der Waals surface area (Å²) >= 11 is 12.5. The van der Waals surface area contributed by atoms with Crippen molar-refractivity contribution in [3.05, 3.63) is 70.3 Å². The van der Waals surface area contributed by atoms with Gasteiger partial charge in [-0.15, -0.1) is 0 Å². The van der Waals surface area contributed by atoms with E-state index >= 15 is 0 Å². The minimum absolute atomic E-state index is 0.0310. The first-order valence-electron chi connectivity index (χ1n) is 11.3. The zero-order valence-corrected chi connectivity index (χ0v) is 20.6. The average molecular weight is 499 g/mol. The number of rotatable bonds is 7. The van der Waals surface area contributed by atoms with E-state index in [0.717, 1.165) is 55.7 Å². The lowest BCUT2D eigenvalue weighted by molar-refractivity contribution is -0.119. The molecule has 1 fully saturated rings. The standard InChI is InChI=1S/C26H28Cl2N4O2/c1-17(33)30-14-18-4-6-32(7-5-18)16-19-8-20(21-10-22(27)13-23(28)11-21)12-25(9-19)34-26-3-2-24(29)15-31-26/h2-3,8-13,15,18H,4-7,14,16,29H2,1H3,(H,30,33). The first-order chi connectivity index (χ1) is 16.3. The molecule has 0 saturated carbocycles. The lowest BCUT2D eigenvalue weighted by Crippen LogP contribution is -2.37. The molecule has 0 unspecified atom stereocenters. The van der Waals surface area contributed by atoms with Crippen LogP contribution >= 0.6 is 23.2 Å². The Labute approximate surface area is 210 Å². The van der Waals surface area contributed by atoms with Gasteiger partial charge in [-0.05, 0) is 91.0 Å². The third kappa shape index (κ3) is 6.86. The number of anilines is 1. The van der Waals surface area contributed by atoms with Gasteiger partial charge in [0.2, 0.25) is 11.8 Å². The van der Waals surface area contributed by atoms with E-state index in [4.69, 9.17) is 33.7 Å². The van der Waals surface area contributed by atoms with Crippen LogP contribution < -0.4 is 15.8 Å². The van der Waals surface area contributed by atoms with Crippen LogP contribution in [-0.4, -0.2) is 35.4 Å². The molecular weight excluding hydrogens is 471 g/mol. The molecule has 8 heteroatoms. The number of piperidine rings is 1. The van der Waals surface area contributed by atoms with Crippen LogP contribution in [0, 0.1) is 5.92 Å². The first-order valence-corrected chi connectivity index (χ1v) is 12.1. The summed E-state index contributed by atoms with van der Waals surface area (Å²) in [5.41, 5.74) is 9.34. The molecule has 1 saturated heterocycles. The normalized spacial score (nSPS) is 14.7. The minimum atomic E-state index is 0.0310. The number of nitrogen functional groups attached to an aromatic ring is 1. The van der Waals surface area contributed by atoms with Gasteiger partial charge in [-0.3, -0.25) is 9.69 Å². The van der Waals surface area contributed by atoms with Crippen LogP contribution in [0.25, 0.3) is 11.1 Å². The van der Waals surface area contributed by atoms with E-state index < -0.39 is 0 Å². The Morgan fingerprint density at radius 2 is 1.79 bits per heavy atom. The highest BCUT2D eigenvalue weighted by Crippen LogP contribution is 2.33. The van der Waals surface area contributed by atoms with Crippen LogP contribution in [0.5, 0.6) is 11.6 Å². The molecular formula is C26H28Cl2N4O2. The summed E-state index contributed by atoms with van der Waals surface area (Å²) < 4.78 is 6.07. The third-order valence-corrected chi connectivity index (χ3v) is 6.33. The molecule has 2 heterocycles. The highest BCUT2D eigenvalue weighted by atomic mass is 35.5. The molecule has 2 aromatic carbocycles. The average Bonchev–Trinajstić information content (AvgIpc) is 2.79. The Morgan fingerprint density at radius 3 is 2.44 bits per heavy atom. The number of hydrogen-bond acceptors (Lipinski definition) is 5. The number of nitrogens with one attached hydrogen (secondary N) is 1. The number of ether oxygens (including phenoxy) is 1. The smallest absolute Gasteiger partial charge is 0.219 e. The van der Waals surface area contributed by atoms with Gasteiger partial charge < -0.3 is 15.8 Å². The third-order valence-electron chi connectivity index (χ3n) is 5.90. The van der Waals surface area contributed by atoms with E-state index in [1.54, 1.807) is 31.3 Å². The predicted octanol–water partition coefficient (Wildman–Crippen LogP) is 5.78. The van der Waals surface area contributed by atoms with Gasteiger partial charge in [0.15, 0.2) is 0 Å². The van der Waals surface area contributed by atoms with Crippen molar-refractivity contribution in [3.8, 4) is 22.8 Å². The van der Waals surface area contributed by atoms with Crippen molar-refractivity contribution in [2.45, 2.75) is 26.3 Å². The number of aromatic nitrogens is 1. The number of hydrogen-bond donors (Lipinski definition) is 2. The summed E-state index contributed by atoms with van der Waals surface area (Å²) in [6, 6.07) is 15.2. The predicted molar refractivity (Wildman–Crippen MR) is 137 cm³/mol. The Morgan fingerprint density at radius 1 is 1.09 bits per heavy atom. The van der Waals surface area contributed by atoms with Crippen molar-refractivity contribution in [2.24, 2.45) is 5.92 Å². The summed E-state index contributed by atoms with van der Waals surface area (Å²) in [5, 5.41) is 4.10. The van der Waals surface area contributed by atoms with Crippen molar-refractivity contribution < 1.29 is 9.53 Å². The molecule has 3 aromatic rings. The largest absolute Gasteiger partial charge is 0.439 e. The summed E-state index contributed by atoms with van der Waals surface area (Å²) in [6.45, 7) is 5.07. The Balaban J connectivity index is 1.54. The van der Waals surface area contributed by atoms with E-state index in [2.05, 4.69) is 21.3 Å². The summed E-state index contributed by atoms with van der Waals surface area (Å²) in [5.74, 6) is 1.71. The number of carbonyl (C=O) groups excluding carboxylic acids is 1. The van der Waals surface area contributed by atoms with Gasteiger partial charge >= 0.3 is 0 Å². The van der Waals surface area contributed by atoms with Crippen LogP contribution in [0.2, 0.25) is 10.0 Å². The van der Waals surface area contributed by atoms with E-state index in [1.165, 1.54) is 0 Å². The van der Waals surface area contributed by atoms with Gasteiger partial charge in [0.05, 0.1) is 11.9 Å². The Kier molecular flexibility index (Phi) is 7.93. The molecule has 178 valence electrons. The molecule has 6 nitrogen and oxygen atoms in total. The van der Waals surface area contributed by atoms with E-state index in [-0.39, 0.29) is 5.91 Å². The molecule has 0 atom stereocenters. The summed E-state index contributed by atoms with van der Waals surface area (Å²) in [6.07, 6.45) is 3.69. The van der Waals surface area contributed by atoms with Gasteiger partial charge in [0.25, 0.3) is 0 Å². The second-order valence-corrected chi connectivity index (χ2v) is 9.59. The molecule has 0 aliphatic carbocycles. The molecule has 1 aliphatic heterocycles. The van der Waals surface area contributed by atoms with Crippen molar-refractivity contribution in [1.29, 1.82) is 0 Å². The van der Waals surface area contributed by atoms with Crippen LogP contribution in [0.15, 0.2) is 54.7 Å². The monoisotopic (exact) mass is 498 g/mol. The number of nitrogens with zero attached hydrogens (tertiary/aromatic N) is 2. The molecule has 34 heavy (non-hydrogen) atoms. The maximum Gasteiger partial charge on any atom is 0.219 e. The Hall–Kier alpha value is -2.80. The number of halogens is 2. The zero-order valence-electron chi connectivity index (χ0n) is 19.1. The summed E-state index contributed by atoms with van der Waals surface area (Å²) in [7, 11) is 0. The number of carbonyl (C=O) groups is 1. The van der Waals surface area contributed by atoms with Crippen LogP contribution in [0.4, 0.5) is 5.69 Å². The number of likely N-dealkylation sites (tertiary alicyclic amines) is 1. The fraction of sp³-hybridized carbons (Fsp3) is 0.308. The fourth-order valence-electron chi connectivity index (χ4n) is 4.17. The summed E-state index contributed by atoms with van der Waals surface area (Å²) in [4.78, 5) is 17.9. The zero-order chi connectivity index (χ0) is 24.1. The molecule has 0 bridgehead atoms. The van der Waals surface area contributed by atoms with E-state index in [1.807, 2.05) is 24.3 Å². The second-order valence-electron chi connectivity index (χ2n) is 8.71. The minimum Gasteiger partial charge on any atom is -0.439 e. The second kappa shape index (κ2) is 11.1. The molecule has 0 radical (unpaired) electrons. The fourth-order valence-corrected chi connectivity index (χ4v) is 4.69. The lowest BCUT2D eigenvalue weighted by atomic mass is 9.96.